The van der Waals surface area contributed by atoms with Gasteiger partial charge < -0.3 is 9.84 Å². The van der Waals surface area contributed by atoms with Gasteiger partial charge in [-0.3, -0.25) is 4.79 Å². The van der Waals surface area contributed by atoms with E-state index in [0.717, 1.165) is 0 Å². The minimum atomic E-state index is -0.212. The maximum atomic E-state index is 12.9. The molecule has 0 spiro atoms. The summed E-state index contributed by atoms with van der Waals surface area (Å²) in [5.74, 6) is 0.172. The van der Waals surface area contributed by atoms with Gasteiger partial charge >= 0.3 is 0 Å². The Hall–Kier alpha value is -3.73. The number of ether oxygens (including phenoxy) is 1. The summed E-state index contributed by atoms with van der Waals surface area (Å²) in [5.41, 5.74) is 2.10. The predicted octanol–water partition coefficient (Wildman–Crippen LogP) is 4.11. The molecule has 0 saturated heterocycles. The van der Waals surface area contributed by atoms with Crippen LogP contribution in [-0.4, -0.2) is 29.9 Å². The van der Waals surface area contributed by atoms with Crippen molar-refractivity contribution >= 4 is 17.7 Å². The molecule has 0 aliphatic rings. The van der Waals surface area contributed by atoms with E-state index in [9.17, 15) is 9.90 Å². The average molecular weight is 358 g/mol. The molecule has 0 aliphatic heterocycles. The van der Waals surface area contributed by atoms with Gasteiger partial charge in [-0.1, -0.05) is 60.7 Å². The van der Waals surface area contributed by atoms with Crippen molar-refractivity contribution in [1.82, 2.24) is 0 Å². The lowest BCUT2D eigenvalue weighted by Crippen LogP contribution is -2.15. The van der Waals surface area contributed by atoms with Gasteiger partial charge in [0.15, 0.2) is 11.5 Å². The number of nitrogens with zero attached hydrogens (tertiary/aromatic N) is 2. The molecule has 0 atom stereocenters. The molecule has 0 fully saturated rings. The lowest BCUT2D eigenvalue weighted by Gasteiger charge is -2.05. The van der Waals surface area contributed by atoms with Crippen LogP contribution >= 0.6 is 0 Å². The third-order valence-corrected chi connectivity index (χ3v) is 3.87. The minimum absolute atomic E-state index is 0.00840. The highest BCUT2D eigenvalue weighted by molar-refractivity contribution is 6.51. The smallest absolute Gasteiger partial charge is 0.213 e. The number of phenolic OH excluding ortho intramolecular Hbond substituents is 1. The topological polar surface area (TPSA) is 71.2 Å². The SMILES string of the molecule is COc1ccc(/C=N\N=C(/C(=O)c2ccccc2)c2ccccc2)cc1O. The summed E-state index contributed by atoms with van der Waals surface area (Å²) in [4.78, 5) is 12.9. The first-order valence-corrected chi connectivity index (χ1v) is 8.32. The average Bonchev–Trinajstić information content (AvgIpc) is 2.72. The van der Waals surface area contributed by atoms with E-state index in [4.69, 9.17) is 4.74 Å². The van der Waals surface area contributed by atoms with Crippen LogP contribution in [0.25, 0.3) is 0 Å². The maximum absolute atomic E-state index is 12.9. The molecule has 3 aromatic rings. The monoisotopic (exact) mass is 358 g/mol. The summed E-state index contributed by atoms with van der Waals surface area (Å²) in [7, 11) is 1.48. The summed E-state index contributed by atoms with van der Waals surface area (Å²) in [6, 6.07) is 23.0. The van der Waals surface area contributed by atoms with E-state index < -0.39 is 0 Å². The Bertz CT molecular complexity index is 981. The van der Waals surface area contributed by atoms with E-state index in [2.05, 4.69) is 10.2 Å². The molecular formula is C22H18N2O3. The maximum Gasteiger partial charge on any atom is 0.213 e. The molecule has 0 aliphatic carbocycles. The number of carbonyl (C=O) groups is 1. The first-order chi connectivity index (χ1) is 13.2. The molecule has 5 heteroatoms. The first kappa shape index (κ1) is 18.1. The molecule has 1 N–H and O–H groups in total. The molecule has 0 heterocycles. The number of hydrogen-bond donors (Lipinski definition) is 1. The van der Waals surface area contributed by atoms with E-state index in [1.165, 1.54) is 19.4 Å². The number of benzene rings is 3. The van der Waals surface area contributed by atoms with Gasteiger partial charge in [0.25, 0.3) is 0 Å². The minimum Gasteiger partial charge on any atom is -0.504 e. The second-order valence-corrected chi connectivity index (χ2v) is 5.69. The zero-order valence-electron chi connectivity index (χ0n) is 14.7. The van der Waals surface area contributed by atoms with E-state index in [-0.39, 0.29) is 17.2 Å². The number of aromatic hydroxyl groups is 1. The van der Waals surface area contributed by atoms with Gasteiger partial charge in [0.1, 0.15) is 5.71 Å². The van der Waals surface area contributed by atoms with Gasteiger partial charge in [-0.2, -0.15) is 5.10 Å². The highest BCUT2D eigenvalue weighted by Crippen LogP contribution is 2.25. The standard InChI is InChI=1S/C22H18N2O3/c1-27-20-13-12-16(14-19(20)25)15-23-24-21(17-8-4-2-5-9-17)22(26)18-10-6-3-7-11-18/h2-15,25H,1H3/b23-15-,24-21-. The fraction of sp³-hybridized carbons (Fsp3) is 0.0455. The summed E-state index contributed by atoms with van der Waals surface area (Å²) >= 11 is 0. The van der Waals surface area contributed by atoms with Crippen LogP contribution in [0.4, 0.5) is 0 Å². The normalized spacial score (nSPS) is 11.5. The van der Waals surface area contributed by atoms with Crippen molar-refractivity contribution in [2.24, 2.45) is 10.2 Å². The number of carbonyl (C=O) groups excluding carboxylic acids is 1. The largest absolute Gasteiger partial charge is 0.504 e. The Balaban J connectivity index is 1.93. The van der Waals surface area contributed by atoms with Crippen LogP contribution in [0.5, 0.6) is 11.5 Å². The van der Waals surface area contributed by atoms with Crippen LogP contribution in [-0.2, 0) is 0 Å². The Morgan fingerprint density at radius 1 is 0.926 bits per heavy atom. The van der Waals surface area contributed by atoms with E-state index in [0.29, 0.717) is 22.4 Å². The van der Waals surface area contributed by atoms with E-state index in [1.807, 2.05) is 36.4 Å². The summed E-state index contributed by atoms with van der Waals surface area (Å²) < 4.78 is 5.01. The number of ketones is 1. The zero-order chi connectivity index (χ0) is 19.1. The third kappa shape index (κ3) is 4.46. The zero-order valence-corrected chi connectivity index (χ0v) is 14.7. The Morgan fingerprint density at radius 2 is 1.56 bits per heavy atom. The van der Waals surface area contributed by atoms with Crippen LogP contribution in [0.2, 0.25) is 0 Å². The number of hydrogen-bond acceptors (Lipinski definition) is 5. The van der Waals surface area contributed by atoms with Gasteiger partial charge in [0.05, 0.1) is 13.3 Å². The summed E-state index contributed by atoms with van der Waals surface area (Å²) in [6.45, 7) is 0. The lowest BCUT2D eigenvalue weighted by molar-refractivity contribution is 0.106. The van der Waals surface area contributed by atoms with Gasteiger partial charge in [-0.05, 0) is 23.8 Å². The van der Waals surface area contributed by atoms with E-state index >= 15 is 0 Å². The summed E-state index contributed by atoms with van der Waals surface area (Å²) in [5, 5.41) is 18.1. The fourth-order valence-corrected chi connectivity index (χ4v) is 2.50. The molecule has 0 bridgehead atoms. The number of phenols is 1. The van der Waals surface area contributed by atoms with Crippen molar-refractivity contribution in [3.63, 3.8) is 0 Å². The number of rotatable bonds is 6. The molecule has 5 nitrogen and oxygen atoms in total. The second kappa shape index (κ2) is 8.58. The first-order valence-electron chi connectivity index (χ1n) is 8.32. The van der Waals surface area contributed by atoms with Crippen LogP contribution < -0.4 is 4.74 Å². The second-order valence-electron chi connectivity index (χ2n) is 5.69. The molecule has 3 aromatic carbocycles. The quantitative estimate of drug-likeness (QED) is 0.409. The van der Waals surface area contributed by atoms with Crippen molar-refractivity contribution in [2.75, 3.05) is 7.11 Å². The molecule has 0 amide bonds. The van der Waals surface area contributed by atoms with Crippen LogP contribution in [0.1, 0.15) is 21.5 Å². The van der Waals surface area contributed by atoms with Crippen molar-refractivity contribution < 1.29 is 14.6 Å². The lowest BCUT2D eigenvalue weighted by atomic mass is 10.0. The Labute approximate surface area is 157 Å². The highest BCUT2D eigenvalue weighted by atomic mass is 16.5. The fourth-order valence-electron chi connectivity index (χ4n) is 2.50. The van der Waals surface area contributed by atoms with Crippen LogP contribution in [0.15, 0.2) is 89.1 Å². The summed E-state index contributed by atoms with van der Waals surface area (Å²) in [6.07, 6.45) is 1.47. The van der Waals surface area contributed by atoms with Crippen molar-refractivity contribution in [2.45, 2.75) is 0 Å². The van der Waals surface area contributed by atoms with Crippen molar-refractivity contribution in [3.8, 4) is 11.5 Å². The van der Waals surface area contributed by atoms with Gasteiger partial charge in [0, 0.05) is 11.1 Å². The van der Waals surface area contributed by atoms with Crippen molar-refractivity contribution in [3.05, 3.63) is 95.6 Å². The van der Waals surface area contributed by atoms with E-state index in [1.54, 1.807) is 36.4 Å². The number of methoxy groups -OCH3 is 1. The molecule has 0 radical (unpaired) electrons. The molecule has 0 saturated carbocycles. The Kier molecular flexibility index (Phi) is 5.74. The molecular weight excluding hydrogens is 340 g/mol. The third-order valence-electron chi connectivity index (χ3n) is 3.87. The molecule has 134 valence electrons. The Morgan fingerprint density at radius 3 is 2.15 bits per heavy atom. The number of Topliss-reactive ketones (excluding diaryl/α,β-unsaturated/α-hetero) is 1. The van der Waals surface area contributed by atoms with Crippen LogP contribution in [0.3, 0.4) is 0 Å². The van der Waals surface area contributed by atoms with Crippen LogP contribution in [0, 0.1) is 0 Å². The van der Waals surface area contributed by atoms with Gasteiger partial charge in [0.2, 0.25) is 5.78 Å². The van der Waals surface area contributed by atoms with Gasteiger partial charge in [-0.15, -0.1) is 5.10 Å². The molecule has 27 heavy (non-hydrogen) atoms. The molecule has 3 rings (SSSR count). The molecule has 0 aromatic heterocycles. The van der Waals surface area contributed by atoms with Gasteiger partial charge in [-0.25, -0.2) is 0 Å². The molecule has 0 unspecified atom stereocenters. The van der Waals surface area contributed by atoms with Crippen molar-refractivity contribution in [1.29, 1.82) is 0 Å². The highest BCUT2D eigenvalue weighted by Gasteiger charge is 2.16. The predicted molar refractivity (Wildman–Crippen MR) is 106 cm³/mol.